The maximum atomic E-state index is 12.1. The van der Waals surface area contributed by atoms with E-state index >= 15 is 0 Å². The van der Waals surface area contributed by atoms with Gasteiger partial charge in [-0.05, 0) is 24.3 Å². The zero-order valence-electron chi connectivity index (χ0n) is 8.98. The number of imidazole rings is 1. The van der Waals surface area contributed by atoms with E-state index in [4.69, 9.17) is 11.6 Å². The molecule has 3 aromatic rings. The van der Waals surface area contributed by atoms with Gasteiger partial charge in [-0.2, -0.15) is 0 Å². The molecule has 0 aliphatic carbocycles. The van der Waals surface area contributed by atoms with Crippen LogP contribution in [0.5, 0.6) is 0 Å². The Kier molecular flexibility index (Phi) is 2.31. The van der Waals surface area contributed by atoms with E-state index in [-0.39, 0.29) is 11.2 Å². The zero-order valence-corrected chi connectivity index (χ0v) is 9.73. The lowest BCUT2D eigenvalue weighted by molar-refractivity contribution is 0.896. The first kappa shape index (κ1) is 10.8. The summed E-state index contributed by atoms with van der Waals surface area (Å²) < 4.78 is 1.02. The van der Waals surface area contributed by atoms with Crippen LogP contribution in [0.4, 0.5) is 0 Å². The Morgan fingerprint density at radius 1 is 1.17 bits per heavy atom. The maximum Gasteiger partial charge on any atom is 0.334 e. The van der Waals surface area contributed by atoms with Crippen molar-refractivity contribution in [1.82, 2.24) is 19.5 Å². The highest BCUT2D eigenvalue weighted by molar-refractivity contribution is 6.30. The minimum absolute atomic E-state index is 0.246. The Morgan fingerprint density at radius 2 is 1.89 bits per heavy atom. The molecule has 0 aliphatic heterocycles. The normalized spacial score (nSPS) is 10.9. The molecule has 18 heavy (non-hydrogen) atoms. The minimum atomic E-state index is -0.540. The standard InChI is InChI=1S/C11H7ClN4O2/c12-6-1-3-7(4-2-6)16-10(17)8-9(14-5-13-8)15-11(16)18/h1-5H,(H,13,14)(H,15,18). The van der Waals surface area contributed by atoms with Crippen molar-refractivity contribution in [2.45, 2.75) is 0 Å². The SMILES string of the molecule is O=c1[nH]c2nc[nH]c2c(=O)n1-c1ccc(Cl)cc1. The monoisotopic (exact) mass is 262 g/mol. The highest BCUT2D eigenvalue weighted by Crippen LogP contribution is 2.11. The van der Waals surface area contributed by atoms with Crippen molar-refractivity contribution < 1.29 is 0 Å². The molecule has 2 N–H and O–H groups in total. The van der Waals surface area contributed by atoms with Gasteiger partial charge in [0, 0.05) is 5.02 Å². The molecule has 7 heteroatoms. The van der Waals surface area contributed by atoms with Crippen LogP contribution in [0.1, 0.15) is 0 Å². The number of hydrogen-bond donors (Lipinski definition) is 2. The Hall–Kier alpha value is -2.34. The Bertz CT molecular complexity index is 829. The maximum absolute atomic E-state index is 12.1. The topological polar surface area (TPSA) is 83.5 Å². The molecule has 0 aliphatic rings. The molecule has 0 atom stereocenters. The smallest absolute Gasteiger partial charge is 0.334 e. The van der Waals surface area contributed by atoms with Gasteiger partial charge >= 0.3 is 5.69 Å². The molecule has 0 spiro atoms. The first-order valence-corrected chi connectivity index (χ1v) is 5.49. The summed E-state index contributed by atoms with van der Waals surface area (Å²) in [6.45, 7) is 0. The van der Waals surface area contributed by atoms with E-state index in [0.29, 0.717) is 10.7 Å². The van der Waals surface area contributed by atoms with Crippen LogP contribution in [0.25, 0.3) is 16.9 Å². The summed E-state index contributed by atoms with van der Waals surface area (Å²) in [4.78, 5) is 33.1. The lowest BCUT2D eigenvalue weighted by atomic mass is 10.3. The average Bonchev–Trinajstić information content (AvgIpc) is 2.80. The van der Waals surface area contributed by atoms with Crippen molar-refractivity contribution in [3.8, 4) is 5.69 Å². The summed E-state index contributed by atoms with van der Waals surface area (Å²) in [5, 5.41) is 0.533. The second kappa shape index (κ2) is 3.85. The van der Waals surface area contributed by atoms with Crippen molar-refractivity contribution in [2.24, 2.45) is 0 Å². The highest BCUT2D eigenvalue weighted by Gasteiger charge is 2.10. The van der Waals surface area contributed by atoms with Crippen LogP contribution in [0.2, 0.25) is 5.02 Å². The van der Waals surface area contributed by atoms with Crippen molar-refractivity contribution in [1.29, 1.82) is 0 Å². The third-order valence-electron chi connectivity index (χ3n) is 2.57. The fraction of sp³-hybridized carbons (Fsp3) is 0. The second-order valence-corrected chi connectivity index (χ2v) is 4.11. The lowest BCUT2D eigenvalue weighted by Gasteiger charge is -2.03. The largest absolute Gasteiger partial charge is 0.339 e. The number of fused-ring (bicyclic) bond motifs is 1. The minimum Gasteiger partial charge on any atom is -0.339 e. The van der Waals surface area contributed by atoms with Gasteiger partial charge in [-0.1, -0.05) is 11.6 Å². The van der Waals surface area contributed by atoms with Gasteiger partial charge in [0.05, 0.1) is 12.0 Å². The predicted octanol–water partition coefficient (Wildman–Crippen LogP) is 1.06. The van der Waals surface area contributed by atoms with Crippen LogP contribution < -0.4 is 11.2 Å². The summed E-state index contributed by atoms with van der Waals surface area (Å²) in [7, 11) is 0. The number of aromatic nitrogens is 4. The summed E-state index contributed by atoms with van der Waals surface area (Å²) in [6, 6.07) is 6.42. The van der Waals surface area contributed by atoms with Gasteiger partial charge in [-0.15, -0.1) is 0 Å². The summed E-state index contributed by atoms with van der Waals surface area (Å²) in [6.07, 6.45) is 1.36. The summed E-state index contributed by atoms with van der Waals surface area (Å²) >= 11 is 5.77. The number of nitrogens with one attached hydrogen (secondary N) is 2. The van der Waals surface area contributed by atoms with Crippen molar-refractivity contribution in [2.75, 3.05) is 0 Å². The van der Waals surface area contributed by atoms with Crippen LogP contribution in [-0.4, -0.2) is 19.5 Å². The number of rotatable bonds is 1. The molecule has 2 heterocycles. The molecule has 0 saturated carbocycles. The van der Waals surface area contributed by atoms with Gasteiger partial charge < -0.3 is 4.98 Å². The average molecular weight is 263 g/mol. The van der Waals surface area contributed by atoms with E-state index in [1.54, 1.807) is 24.3 Å². The highest BCUT2D eigenvalue weighted by atomic mass is 35.5. The van der Waals surface area contributed by atoms with Crippen LogP contribution in [0, 0.1) is 0 Å². The number of H-pyrrole nitrogens is 2. The lowest BCUT2D eigenvalue weighted by Crippen LogP contribution is -2.33. The van der Waals surface area contributed by atoms with Crippen LogP contribution >= 0.6 is 11.6 Å². The first-order chi connectivity index (χ1) is 8.66. The van der Waals surface area contributed by atoms with Crippen molar-refractivity contribution in [3.63, 3.8) is 0 Å². The molecule has 0 fully saturated rings. The van der Waals surface area contributed by atoms with E-state index in [1.165, 1.54) is 6.33 Å². The van der Waals surface area contributed by atoms with E-state index in [0.717, 1.165) is 4.57 Å². The third kappa shape index (κ3) is 1.54. The quantitative estimate of drug-likeness (QED) is 0.688. The van der Waals surface area contributed by atoms with Crippen LogP contribution in [-0.2, 0) is 0 Å². The van der Waals surface area contributed by atoms with E-state index < -0.39 is 11.2 Å². The molecule has 0 unspecified atom stereocenters. The predicted molar refractivity (Wildman–Crippen MR) is 67.3 cm³/mol. The molecule has 1 aromatic carbocycles. The van der Waals surface area contributed by atoms with Crippen LogP contribution in [0.15, 0.2) is 40.2 Å². The fourth-order valence-corrected chi connectivity index (χ4v) is 1.86. The third-order valence-corrected chi connectivity index (χ3v) is 2.82. The molecule has 2 aromatic heterocycles. The van der Waals surface area contributed by atoms with E-state index in [2.05, 4.69) is 15.0 Å². The molecule has 0 radical (unpaired) electrons. The van der Waals surface area contributed by atoms with Gasteiger partial charge in [0.1, 0.15) is 5.52 Å². The number of aromatic amines is 2. The molecule has 0 bridgehead atoms. The summed E-state index contributed by atoms with van der Waals surface area (Å²) in [5.74, 6) is 0. The number of hydrogen-bond acceptors (Lipinski definition) is 3. The van der Waals surface area contributed by atoms with E-state index in [9.17, 15) is 9.59 Å². The Labute approximate surface area is 105 Å². The fourth-order valence-electron chi connectivity index (χ4n) is 1.74. The number of halogens is 1. The van der Waals surface area contributed by atoms with Crippen LogP contribution in [0.3, 0.4) is 0 Å². The molecule has 3 rings (SSSR count). The van der Waals surface area contributed by atoms with Gasteiger partial charge in [0.2, 0.25) is 0 Å². The van der Waals surface area contributed by atoms with Gasteiger partial charge in [0.15, 0.2) is 5.65 Å². The van der Waals surface area contributed by atoms with Gasteiger partial charge in [0.25, 0.3) is 5.56 Å². The van der Waals surface area contributed by atoms with Crippen molar-refractivity contribution in [3.05, 3.63) is 56.5 Å². The first-order valence-electron chi connectivity index (χ1n) is 5.11. The Morgan fingerprint density at radius 3 is 2.61 bits per heavy atom. The van der Waals surface area contributed by atoms with Gasteiger partial charge in [-0.25, -0.2) is 14.3 Å². The molecule has 0 amide bonds. The van der Waals surface area contributed by atoms with Gasteiger partial charge in [-0.3, -0.25) is 9.78 Å². The van der Waals surface area contributed by atoms with E-state index in [1.807, 2.05) is 0 Å². The number of nitrogens with zero attached hydrogens (tertiary/aromatic N) is 2. The molecule has 6 nitrogen and oxygen atoms in total. The second-order valence-electron chi connectivity index (χ2n) is 3.67. The molecule has 90 valence electrons. The molecular formula is C11H7ClN4O2. The number of benzene rings is 1. The zero-order chi connectivity index (χ0) is 12.7. The van der Waals surface area contributed by atoms with Crippen molar-refractivity contribution >= 4 is 22.8 Å². The molecule has 0 saturated heterocycles. The summed E-state index contributed by atoms with van der Waals surface area (Å²) in [5.41, 5.74) is -0.0441. The molecular weight excluding hydrogens is 256 g/mol. The Balaban J connectivity index is 2.38.